The van der Waals surface area contributed by atoms with Gasteiger partial charge in [0.1, 0.15) is 11.5 Å². The molecule has 0 unspecified atom stereocenters. The second-order valence-corrected chi connectivity index (χ2v) is 10.1. The maximum atomic E-state index is 10.2. The molecule has 7 rings (SSSR count). The SMILES string of the molecule is CC1(C)c2ccccc2-[n+]2[c-]n(-c3cccc(Oc4cccc(-c5ccccc5O)n4)c3)c3cccc1c32. The summed E-state index contributed by atoms with van der Waals surface area (Å²) in [4.78, 5) is 4.63. The Hall–Kier alpha value is -4.90. The van der Waals surface area contributed by atoms with E-state index in [0.29, 0.717) is 22.9 Å². The molecule has 4 aromatic carbocycles. The van der Waals surface area contributed by atoms with Gasteiger partial charge in [-0.15, -0.1) is 0 Å². The number of hydrogen-bond donors (Lipinski definition) is 1. The van der Waals surface area contributed by atoms with E-state index < -0.39 is 0 Å². The van der Waals surface area contributed by atoms with Gasteiger partial charge in [0.25, 0.3) is 6.33 Å². The van der Waals surface area contributed by atoms with Crippen molar-refractivity contribution in [2.75, 3.05) is 0 Å². The number of phenols is 1. The molecule has 0 radical (unpaired) electrons. The summed E-state index contributed by atoms with van der Waals surface area (Å²) in [6.45, 7) is 4.57. The van der Waals surface area contributed by atoms with E-state index in [9.17, 15) is 5.11 Å². The largest absolute Gasteiger partial charge is 0.507 e. The molecular formula is C33H25N3O2. The van der Waals surface area contributed by atoms with Crippen LogP contribution < -0.4 is 9.30 Å². The summed E-state index contributed by atoms with van der Waals surface area (Å²) in [6, 6.07) is 35.7. The third kappa shape index (κ3) is 3.40. The van der Waals surface area contributed by atoms with Crippen LogP contribution in [0.5, 0.6) is 17.4 Å². The van der Waals surface area contributed by atoms with E-state index in [4.69, 9.17) is 4.74 Å². The second kappa shape index (κ2) is 8.32. The molecule has 0 bridgehead atoms. The predicted molar refractivity (Wildman–Crippen MR) is 147 cm³/mol. The Balaban J connectivity index is 1.31. The molecule has 0 fully saturated rings. The van der Waals surface area contributed by atoms with Crippen molar-refractivity contribution in [2.24, 2.45) is 0 Å². The van der Waals surface area contributed by atoms with Gasteiger partial charge in [-0.05, 0) is 53.6 Å². The minimum atomic E-state index is -0.120. The molecule has 0 atom stereocenters. The van der Waals surface area contributed by atoms with E-state index in [1.807, 2.05) is 48.5 Å². The van der Waals surface area contributed by atoms with Gasteiger partial charge in [-0.3, -0.25) is 9.13 Å². The number of pyridine rings is 1. The number of para-hydroxylation sites is 3. The minimum absolute atomic E-state index is 0.120. The smallest absolute Gasteiger partial charge is 0.269 e. The number of ether oxygens (including phenoxy) is 1. The van der Waals surface area contributed by atoms with Crippen molar-refractivity contribution in [1.82, 2.24) is 9.55 Å². The van der Waals surface area contributed by atoms with Gasteiger partial charge in [-0.25, -0.2) is 4.98 Å². The first-order valence-electron chi connectivity index (χ1n) is 12.6. The van der Waals surface area contributed by atoms with Crippen LogP contribution in [0, 0.1) is 6.33 Å². The number of rotatable bonds is 4. The molecule has 5 heteroatoms. The summed E-state index contributed by atoms with van der Waals surface area (Å²) in [5, 5.41) is 10.2. The molecular weight excluding hydrogens is 470 g/mol. The predicted octanol–water partition coefficient (Wildman–Crippen LogP) is 6.91. The van der Waals surface area contributed by atoms with Gasteiger partial charge in [0, 0.05) is 17.0 Å². The highest BCUT2D eigenvalue weighted by molar-refractivity contribution is 5.81. The van der Waals surface area contributed by atoms with Crippen molar-refractivity contribution in [2.45, 2.75) is 19.3 Å². The van der Waals surface area contributed by atoms with Gasteiger partial charge in [0.05, 0.1) is 28.1 Å². The van der Waals surface area contributed by atoms with Gasteiger partial charge >= 0.3 is 0 Å². The quantitative estimate of drug-likeness (QED) is 0.214. The van der Waals surface area contributed by atoms with Crippen LogP contribution in [-0.4, -0.2) is 14.7 Å². The van der Waals surface area contributed by atoms with Gasteiger partial charge in [0.15, 0.2) is 0 Å². The fourth-order valence-corrected chi connectivity index (χ4v) is 5.49. The molecule has 6 aromatic rings. The number of hydrogen-bond acceptors (Lipinski definition) is 3. The van der Waals surface area contributed by atoms with Crippen molar-refractivity contribution >= 4 is 11.0 Å². The van der Waals surface area contributed by atoms with Crippen molar-refractivity contribution in [3.05, 3.63) is 127 Å². The Kier molecular flexibility index (Phi) is 4.88. The van der Waals surface area contributed by atoms with Crippen molar-refractivity contribution < 1.29 is 14.4 Å². The lowest BCUT2D eigenvalue weighted by Gasteiger charge is -2.34. The van der Waals surface area contributed by atoms with E-state index >= 15 is 0 Å². The summed E-state index contributed by atoms with van der Waals surface area (Å²) in [6.07, 6.45) is 3.60. The lowest BCUT2D eigenvalue weighted by atomic mass is 9.75. The van der Waals surface area contributed by atoms with Gasteiger partial charge in [-0.2, -0.15) is 0 Å². The van der Waals surface area contributed by atoms with E-state index in [1.165, 1.54) is 16.6 Å². The first kappa shape index (κ1) is 22.3. The molecule has 0 aliphatic carbocycles. The maximum Gasteiger partial charge on any atom is 0.269 e. The molecule has 3 heterocycles. The van der Waals surface area contributed by atoms with Gasteiger partial charge in [0.2, 0.25) is 5.88 Å². The Morgan fingerprint density at radius 1 is 0.816 bits per heavy atom. The molecule has 1 aliphatic rings. The second-order valence-electron chi connectivity index (χ2n) is 10.1. The molecule has 38 heavy (non-hydrogen) atoms. The zero-order valence-corrected chi connectivity index (χ0v) is 21.1. The topological polar surface area (TPSA) is 51.2 Å². The molecule has 0 amide bonds. The maximum absolute atomic E-state index is 10.2. The number of benzene rings is 4. The summed E-state index contributed by atoms with van der Waals surface area (Å²) in [5.74, 6) is 1.30. The molecule has 0 saturated carbocycles. The summed E-state index contributed by atoms with van der Waals surface area (Å²) < 4.78 is 10.5. The van der Waals surface area contributed by atoms with Crippen molar-refractivity contribution in [1.29, 1.82) is 0 Å². The lowest BCUT2D eigenvalue weighted by Crippen LogP contribution is -2.40. The van der Waals surface area contributed by atoms with E-state index in [1.54, 1.807) is 12.1 Å². The van der Waals surface area contributed by atoms with E-state index in [0.717, 1.165) is 16.9 Å². The Labute approximate surface area is 220 Å². The standard InChI is InChI=1S/C33H25N3O2/c1-33(2)25-13-4-5-16-28(25)36-21-35(29-17-8-14-26(33)32(29)36)22-10-7-11-23(20-22)38-31-19-9-15-27(34-31)24-12-3-6-18-30(24)37/h3-20,37H,1-2H3. The van der Waals surface area contributed by atoms with Gasteiger partial charge in [-0.1, -0.05) is 74.5 Å². The third-order valence-corrected chi connectivity index (χ3v) is 7.37. The van der Waals surface area contributed by atoms with Crippen LogP contribution in [0.3, 0.4) is 0 Å². The number of aromatic hydroxyl groups is 1. The molecule has 5 nitrogen and oxygen atoms in total. The molecule has 0 saturated heterocycles. The van der Waals surface area contributed by atoms with Crippen LogP contribution in [0.2, 0.25) is 0 Å². The molecule has 2 aromatic heterocycles. The zero-order chi connectivity index (χ0) is 25.9. The summed E-state index contributed by atoms with van der Waals surface area (Å²) in [7, 11) is 0. The molecule has 0 spiro atoms. The zero-order valence-electron chi connectivity index (χ0n) is 21.1. The van der Waals surface area contributed by atoms with Crippen molar-refractivity contribution in [3.8, 4) is 40.0 Å². The normalized spacial score (nSPS) is 13.3. The molecule has 184 valence electrons. The third-order valence-electron chi connectivity index (χ3n) is 7.37. The average Bonchev–Trinajstić information content (AvgIpc) is 3.33. The lowest BCUT2D eigenvalue weighted by molar-refractivity contribution is -0.575. The highest BCUT2D eigenvalue weighted by atomic mass is 16.5. The first-order chi connectivity index (χ1) is 18.5. The fourth-order valence-electron chi connectivity index (χ4n) is 5.49. The number of aromatic nitrogens is 3. The van der Waals surface area contributed by atoms with E-state index in [2.05, 4.69) is 82.8 Å². The highest BCUT2D eigenvalue weighted by Crippen LogP contribution is 2.41. The number of imidazole rings is 1. The number of nitrogens with zero attached hydrogens (tertiary/aromatic N) is 3. The Morgan fingerprint density at radius 3 is 2.47 bits per heavy atom. The van der Waals surface area contributed by atoms with Crippen LogP contribution in [-0.2, 0) is 5.41 Å². The van der Waals surface area contributed by atoms with Crippen LogP contribution >= 0.6 is 0 Å². The van der Waals surface area contributed by atoms with E-state index in [-0.39, 0.29) is 11.2 Å². The monoisotopic (exact) mass is 495 g/mol. The summed E-state index contributed by atoms with van der Waals surface area (Å²) in [5.41, 5.74) is 8.10. The molecule has 1 aliphatic heterocycles. The average molecular weight is 496 g/mol. The first-order valence-corrected chi connectivity index (χ1v) is 12.6. The van der Waals surface area contributed by atoms with Gasteiger partial charge < -0.3 is 9.84 Å². The van der Waals surface area contributed by atoms with Crippen LogP contribution in [0.1, 0.15) is 25.0 Å². The Bertz CT molecular complexity index is 1850. The minimum Gasteiger partial charge on any atom is -0.507 e. The Morgan fingerprint density at radius 2 is 1.58 bits per heavy atom. The van der Waals surface area contributed by atoms with Crippen LogP contribution in [0.15, 0.2) is 109 Å². The highest BCUT2D eigenvalue weighted by Gasteiger charge is 2.34. The van der Waals surface area contributed by atoms with Crippen LogP contribution in [0.25, 0.3) is 33.7 Å². The summed E-state index contributed by atoms with van der Waals surface area (Å²) >= 11 is 0. The number of phenolic OH excluding ortho intramolecular Hbond substituents is 1. The number of fused-ring (bicyclic) bond motifs is 2. The molecule has 1 N–H and O–H groups in total. The fraction of sp³-hybridized carbons (Fsp3) is 0.0909. The van der Waals surface area contributed by atoms with Crippen molar-refractivity contribution in [3.63, 3.8) is 0 Å². The van der Waals surface area contributed by atoms with Crippen LogP contribution in [0.4, 0.5) is 0 Å².